The van der Waals surface area contributed by atoms with Gasteiger partial charge < -0.3 is 19.3 Å². The highest BCUT2D eigenvalue weighted by Crippen LogP contribution is 2.39. The van der Waals surface area contributed by atoms with Crippen LogP contribution in [0.4, 0.5) is 0 Å². The van der Waals surface area contributed by atoms with Crippen molar-refractivity contribution in [1.82, 2.24) is 9.80 Å². The molecule has 7 heteroatoms. The molecule has 2 aromatic carbocycles. The zero-order valence-corrected chi connectivity index (χ0v) is 21.6. The number of hydrogen-bond donors (Lipinski definition) is 0. The fraction of sp³-hybridized carbons (Fsp3) is 0.393. The molecule has 5 nitrogen and oxygen atoms in total. The lowest BCUT2D eigenvalue weighted by Crippen LogP contribution is -2.34. The largest absolute Gasteiger partial charge is 0.489 e. The Morgan fingerprint density at radius 2 is 2.11 bits per heavy atom. The average Bonchev–Trinajstić information content (AvgIpc) is 3.26. The molecule has 0 spiro atoms. The van der Waals surface area contributed by atoms with Crippen LogP contribution in [0.3, 0.4) is 0 Å². The number of rotatable bonds is 6. The van der Waals surface area contributed by atoms with E-state index in [4.69, 9.17) is 21.1 Å². The maximum absolute atomic E-state index is 13.1. The van der Waals surface area contributed by atoms with Crippen LogP contribution in [-0.4, -0.2) is 55.6 Å². The molecule has 3 heterocycles. The van der Waals surface area contributed by atoms with E-state index in [-0.39, 0.29) is 5.91 Å². The second-order valence-electron chi connectivity index (χ2n) is 9.53. The minimum atomic E-state index is 0.112. The van der Waals surface area contributed by atoms with Gasteiger partial charge in [0, 0.05) is 29.6 Å². The highest BCUT2D eigenvalue weighted by atomic mass is 35.5. The van der Waals surface area contributed by atoms with E-state index < -0.39 is 0 Å². The summed E-state index contributed by atoms with van der Waals surface area (Å²) in [6.07, 6.45) is 2.78. The van der Waals surface area contributed by atoms with Gasteiger partial charge in [-0.3, -0.25) is 4.79 Å². The number of amides is 1. The Morgan fingerprint density at radius 3 is 2.91 bits per heavy atom. The fourth-order valence-corrected chi connectivity index (χ4v) is 5.79. The third-order valence-electron chi connectivity index (χ3n) is 6.74. The number of ether oxygens (including phenoxy) is 2. The van der Waals surface area contributed by atoms with Crippen LogP contribution < -0.4 is 9.47 Å². The van der Waals surface area contributed by atoms with Crippen molar-refractivity contribution >= 4 is 28.8 Å². The summed E-state index contributed by atoms with van der Waals surface area (Å²) in [7, 11) is 2.17. The molecule has 184 valence electrons. The Labute approximate surface area is 216 Å². The summed E-state index contributed by atoms with van der Waals surface area (Å²) in [5, 5.41) is 4.73. The zero-order valence-electron chi connectivity index (χ0n) is 20.0. The Hall–Kier alpha value is -2.54. The topological polar surface area (TPSA) is 42.0 Å². The van der Waals surface area contributed by atoms with Gasteiger partial charge in [0.25, 0.3) is 0 Å². The van der Waals surface area contributed by atoms with Gasteiger partial charge in [0.15, 0.2) is 11.5 Å². The summed E-state index contributed by atoms with van der Waals surface area (Å²) in [6.45, 7) is 4.34. The molecule has 1 saturated heterocycles. The van der Waals surface area contributed by atoms with Crippen molar-refractivity contribution in [3.63, 3.8) is 0 Å². The van der Waals surface area contributed by atoms with Gasteiger partial charge in [-0.25, -0.2) is 0 Å². The van der Waals surface area contributed by atoms with Crippen LogP contribution in [0.1, 0.15) is 24.0 Å². The molecule has 2 aliphatic heterocycles. The van der Waals surface area contributed by atoms with Gasteiger partial charge in [-0.15, -0.1) is 0 Å². The standard InChI is InChI=1S/C28H31ClN2O3S/c1-30-8-3-4-21(16-30)18-34-26-15-23(22-5-2-6-25(29)14-22)13-24-17-31(9-10-33-28(24)26)27(32)12-20-7-11-35-19-20/h2,5-7,11,13-15,19,21H,3-4,8-10,12,16-18H2,1H3. The quantitative estimate of drug-likeness (QED) is 0.423. The summed E-state index contributed by atoms with van der Waals surface area (Å²) < 4.78 is 12.7. The monoisotopic (exact) mass is 510 g/mol. The van der Waals surface area contributed by atoms with E-state index in [1.165, 1.54) is 12.8 Å². The van der Waals surface area contributed by atoms with E-state index in [1.807, 2.05) is 46.0 Å². The fourth-order valence-electron chi connectivity index (χ4n) is 4.94. The number of halogens is 1. The van der Waals surface area contributed by atoms with Gasteiger partial charge in [-0.05, 0) is 84.2 Å². The smallest absolute Gasteiger partial charge is 0.227 e. The van der Waals surface area contributed by atoms with E-state index in [1.54, 1.807) is 11.3 Å². The lowest BCUT2D eigenvalue weighted by molar-refractivity contribution is -0.131. The van der Waals surface area contributed by atoms with Crippen LogP contribution in [0, 0.1) is 5.92 Å². The first kappa shape index (κ1) is 24.2. The van der Waals surface area contributed by atoms with Gasteiger partial charge >= 0.3 is 0 Å². The van der Waals surface area contributed by atoms with Gasteiger partial charge in [0.05, 0.1) is 19.6 Å². The molecule has 1 amide bonds. The van der Waals surface area contributed by atoms with E-state index >= 15 is 0 Å². The molecule has 35 heavy (non-hydrogen) atoms. The molecule has 1 unspecified atom stereocenters. The van der Waals surface area contributed by atoms with Gasteiger partial charge in [0.2, 0.25) is 5.91 Å². The lowest BCUT2D eigenvalue weighted by atomic mass is 9.99. The van der Waals surface area contributed by atoms with Crippen LogP contribution in [-0.2, 0) is 17.8 Å². The normalized spacial score (nSPS) is 18.5. The number of hydrogen-bond acceptors (Lipinski definition) is 5. The minimum absolute atomic E-state index is 0.112. The van der Waals surface area contributed by atoms with Crippen molar-refractivity contribution in [3.05, 3.63) is 69.4 Å². The highest BCUT2D eigenvalue weighted by Gasteiger charge is 2.25. The minimum Gasteiger partial charge on any atom is -0.489 e. The summed E-state index contributed by atoms with van der Waals surface area (Å²) >= 11 is 7.92. The highest BCUT2D eigenvalue weighted by molar-refractivity contribution is 7.08. The molecule has 0 aliphatic carbocycles. The molecule has 5 rings (SSSR count). The first-order valence-electron chi connectivity index (χ1n) is 12.2. The number of thiophene rings is 1. The molecule has 0 N–H and O–H groups in total. The zero-order chi connectivity index (χ0) is 24.2. The molecule has 2 aliphatic rings. The summed E-state index contributed by atoms with van der Waals surface area (Å²) in [5.41, 5.74) is 4.05. The van der Waals surface area contributed by atoms with Gasteiger partial charge in [-0.1, -0.05) is 23.7 Å². The van der Waals surface area contributed by atoms with Gasteiger partial charge in [-0.2, -0.15) is 11.3 Å². The number of carbonyl (C=O) groups is 1. The van der Waals surface area contributed by atoms with E-state index in [9.17, 15) is 4.79 Å². The summed E-state index contributed by atoms with van der Waals surface area (Å²) in [5.74, 6) is 2.11. The third-order valence-corrected chi connectivity index (χ3v) is 7.71. The molecular weight excluding hydrogens is 480 g/mol. The first-order chi connectivity index (χ1) is 17.0. The maximum Gasteiger partial charge on any atom is 0.227 e. The van der Waals surface area contributed by atoms with Crippen molar-refractivity contribution in [2.45, 2.75) is 25.8 Å². The second-order valence-corrected chi connectivity index (χ2v) is 10.7. The number of piperidine rings is 1. The van der Waals surface area contributed by atoms with Crippen LogP contribution in [0.5, 0.6) is 11.5 Å². The Balaban J connectivity index is 1.43. The lowest BCUT2D eigenvalue weighted by Gasteiger charge is -2.29. The van der Waals surface area contributed by atoms with Crippen molar-refractivity contribution in [2.24, 2.45) is 5.92 Å². The first-order valence-corrected chi connectivity index (χ1v) is 13.5. The van der Waals surface area contributed by atoms with Gasteiger partial charge in [0.1, 0.15) is 6.61 Å². The van der Waals surface area contributed by atoms with E-state index in [2.05, 4.69) is 24.1 Å². The molecular formula is C28H31ClN2O3S. The van der Waals surface area contributed by atoms with Crippen molar-refractivity contribution in [2.75, 3.05) is 39.9 Å². The van der Waals surface area contributed by atoms with Crippen LogP contribution in [0.25, 0.3) is 11.1 Å². The van der Waals surface area contributed by atoms with E-state index in [0.717, 1.165) is 46.8 Å². The molecule has 1 aromatic heterocycles. The molecule has 0 radical (unpaired) electrons. The van der Waals surface area contributed by atoms with Crippen molar-refractivity contribution in [1.29, 1.82) is 0 Å². The van der Waals surface area contributed by atoms with Crippen LogP contribution >= 0.6 is 22.9 Å². The van der Waals surface area contributed by atoms with Crippen molar-refractivity contribution in [3.8, 4) is 22.6 Å². The Kier molecular flexibility index (Phi) is 7.61. The number of nitrogens with zero attached hydrogens (tertiary/aromatic N) is 2. The van der Waals surface area contributed by atoms with Crippen molar-refractivity contribution < 1.29 is 14.3 Å². The van der Waals surface area contributed by atoms with E-state index in [0.29, 0.717) is 43.7 Å². The summed E-state index contributed by atoms with van der Waals surface area (Å²) in [6, 6.07) is 14.0. The second kappa shape index (κ2) is 11.0. The molecule has 0 saturated carbocycles. The SMILES string of the molecule is CN1CCCC(COc2cc(-c3cccc(Cl)c3)cc3c2OCCN(C(=O)Cc2ccsc2)C3)C1. The molecule has 0 bridgehead atoms. The predicted molar refractivity (Wildman–Crippen MR) is 142 cm³/mol. The maximum atomic E-state index is 13.1. The molecule has 1 fully saturated rings. The number of benzene rings is 2. The Morgan fingerprint density at radius 1 is 1.20 bits per heavy atom. The number of fused-ring (bicyclic) bond motifs is 1. The average molecular weight is 511 g/mol. The molecule has 1 atom stereocenters. The summed E-state index contributed by atoms with van der Waals surface area (Å²) in [4.78, 5) is 17.4. The third kappa shape index (κ3) is 6.00. The van der Waals surface area contributed by atoms with Crippen LogP contribution in [0.2, 0.25) is 5.02 Å². The molecule has 3 aromatic rings. The Bertz CT molecular complexity index is 1170. The van der Waals surface area contributed by atoms with Crippen LogP contribution in [0.15, 0.2) is 53.2 Å². The number of carbonyl (C=O) groups excluding carboxylic acids is 1. The number of likely N-dealkylation sites (tertiary alicyclic amines) is 1. The predicted octanol–water partition coefficient (Wildman–Crippen LogP) is 5.75.